The number of morpholine rings is 1. The number of amides is 2. The summed E-state index contributed by atoms with van der Waals surface area (Å²) in [6.45, 7) is 2.70. The lowest BCUT2D eigenvalue weighted by molar-refractivity contribution is -0.132. The highest BCUT2D eigenvalue weighted by Crippen LogP contribution is 1.97. The largest absolute Gasteiger partial charge is 0.453 e. The summed E-state index contributed by atoms with van der Waals surface area (Å²) in [5, 5.41) is 0. The normalized spacial score (nSPS) is 14.3. The second-order valence-corrected chi connectivity index (χ2v) is 3.79. The molecule has 0 unspecified atom stereocenters. The van der Waals surface area contributed by atoms with Gasteiger partial charge in [-0.25, -0.2) is 4.79 Å². The summed E-state index contributed by atoms with van der Waals surface area (Å²) in [6, 6.07) is 0. The van der Waals surface area contributed by atoms with Crippen LogP contribution < -0.4 is 0 Å². The molecule has 18 heavy (non-hydrogen) atoms. The fourth-order valence-corrected chi connectivity index (χ4v) is 1.13. The summed E-state index contributed by atoms with van der Waals surface area (Å²) in [4.78, 5) is 24.5. The van der Waals surface area contributed by atoms with Gasteiger partial charge in [0, 0.05) is 34.3 Å². The number of carbonyl (C=O) groups is 2. The Hall–Kier alpha value is -1.34. The summed E-state index contributed by atoms with van der Waals surface area (Å²) < 4.78 is 14.1. The van der Waals surface area contributed by atoms with E-state index in [9.17, 15) is 9.59 Å². The van der Waals surface area contributed by atoms with Crippen molar-refractivity contribution in [1.29, 1.82) is 0 Å². The predicted molar refractivity (Wildman–Crippen MR) is 65.4 cm³/mol. The SMILES string of the molecule is COC(=O)N1CCOCC1.COCC(=O)N(C)C. The van der Waals surface area contributed by atoms with Crippen molar-refractivity contribution in [3.05, 3.63) is 0 Å². The molecule has 0 bridgehead atoms. The minimum Gasteiger partial charge on any atom is -0.453 e. The number of methoxy groups -OCH3 is 2. The third-order valence-electron chi connectivity index (χ3n) is 2.21. The molecular weight excluding hydrogens is 240 g/mol. The number of hydrogen-bond donors (Lipinski definition) is 0. The second-order valence-electron chi connectivity index (χ2n) is 3.79. The monoisotopic (exact) mass is 262 g/mol. The fourth-order valence-electron chi connectivity index (χ4n) is 1.13. The molecule has 0 radical (unpaired) electrons. The molecule has 0 spiro atoms. The molecule has 1 fully saturated rings. The zero-order chi connectivity index (χ0) is 14.0. The summed E-state index contributed by atoms with van der Waals surface area (Å²) >= 11 is 0. The average molecular weight is 262 g/mol. The predicted octanol–water partition coefficient (Wildman–Crippen LogP) is -0.194. The highest BCUT2D eigenvalue weighted by Gasteiger charge is 2.15. The topological polar surface area (TPSA) is 68.3 Å². The minimum absolute atomic E-state index is 0.00694. The van der Waals surface area contributed by atoms with Gasteiger partial charge in [0.15, 0.2) is 0 Å². The van der Waals surface area contributed by atoms with E-state index in [2.05, 4.69) is 9.47 Å². The van der Waals surface area contributed by atoms with Crippen molar-refractivity contribution < 1.29 is 23.8 Å². The molecule has 0 atom stereocenters. The van der Waals surface area contributed by atoms with Crippen LogP contribution in [0.1, 0.15) is 0 Å². The lowest BCUT2D eigenvalue weighted by atomic mass is 10.5. The Labute approximate surface area is 108 Å². The first-order valence-corrected chi connectivity index (χ1v) is 5.62. The van der Waals surface area contributed by atoms with Gasteiger partial charge >= 0.3 is 6.09 Å². The highest BCUT2D eigenvalue weighted by molar-refractivity contribution is 5.76. The summed E-state index contributed by atoms with van der Waals surface area (Å²) in [7, 11) is 6.28. The van der Waals surface area contributed by atoms with Crippen LogP contribution in [0, 0.1) is 0 Å². The van der Waals surface area contributed by atoms with E-state index in [1.807, 2.05) is 0 Å². The van der Waals surface area contributed by atoms with Crippen LogP contribution in [-0.2, 0) is 19.0 Å². The molecule has 0 aromatic rings. The number of nitrogens with zero attached hydrogens (tertiary/aromatic N) is 2. The van der Waals surface area contributed by atoms with Crippen molar-refractivity contribution >= 4 is 12.0 Å². The van der Waals surface area contributed by atoms with Gasteiger partial charge in [-0.15, -0.1) is 0 Å². The van der Waals surface area contributed by atoms with E-state index in [0.29, 0.717) is 26.3 Å². The Kier molecular flexibility index (Phi) is 8.95. The molecule has 1 rings (SSSR count). The van der Waals surface area contributed by atoms with Crippen LogP contribution >= 0.6 is 0 Å². The third-order valence-corrected chi connectivity index (χ3v) is 2.21. The summed E-state index contributed by atoms with van der Waals surface area (Å²) in [5.74, 6) is -0.00694. The van der Waals surface area contributed by atoms with Crippen molar-refractivity contribution in [3.63, 3.8) is 0 Å². The van der Waals surface area contributed by atoms with Gasteiger partial charge in [-0.3, -0.25) is 4.79 Å². The molecule has 0 N–H and O–H groups in total. The second kappa shape index (κ2) is 9.67. The maximum absolute atomic E-state index is 10.8. The molecule has 0 aromatic heterocycles. The summed E-state index contributed by atoms with van der Waals surface area (Å²) in [5.41, 5.74) is 0. The Balaban J connectivity index is 0.000000331. The van der Waals surface area contributed by atoms with Crippen LogP contribution in [0.3, 0.4) is 0 Å². The van der Waals surface area contributed by atoms with Crippen molar-refractivity contribution in [2.24, 2.45) is 0 Å². The van der Waals surface area contributed by atoms with Crippen LogP contribution in [0.2, 0.25) is 0 Å². The van der Waals surface area contributed by atoms with E-state index in [1.165, 1.54) is 19.1 Å². The maximum atomic E-state index is 10.8. The maximum Gasteiger partial charge on any atom is 0.409 e. The van der Waals surface area contributed by atoms with Crippen LogP contribution in [0.25, 0.3) is 0 Å². The van der Waals surface area contributed by atoms with E-state index in [-0.39, 0.29) is 18.6 Å². The first kappa shape index (κ1) is 16.7. The van der Waals surface area contributed by atoms with Crippen LogP contribution in [-0.4, -0.2) is 83.0 Å². The average Bonchev–Trinajstić information content (AvgIpc) is 2.39. The van der Waals surface area contributed by atoms with Crippen molar-refractivity contribution in [1.82, 2.24) is 9.80 Å². The Morgan fingerprint density at radius 3 is 2.11 bits per heavy atom. The number of hydrogen-bond acceptors (Lipinski definition) is 5. The van der Waals surface area contributed by atoms with Gasteiger partial charge in [0.1, 0.15) is 6.61 Å². The molecule has 2 amide bonds. The standard InChI is InChI=1S/C6H11NO3.C5H11NO2/c1-9-6(8)7-2-4-10-5-3-7;1-6(2)5(7)4-8-3/h2-5H2,1H3;4H2,1-3H3. The van der Waals surface area contributed by atoms with E-state index in [0.717, 1.165) is 0 Å². The van der Waals surface area contributed by atoms with E-state index >= 15 is 0 Å². The Morgan fingerprint density at radius 1 is 1.22 bits per heavy atom. The number of carbonyl (C=O) groups excluding carboxylic acids is 2. The van der Waals surface area contributed by atoms with Gasteiger partial charge in [0.05, 0.1) is 20.3 Å². The van der Waals surface area contributed by atoms with Gasteiger partial charge < -0.3 is 24.0 Å². The molecule has 1 aliphatic heterocycles. The first-order valence-electron chi connectivity index (χ1n) is 5.62. The van der Waals surface area contributed by atoms with E-state index in [1.54, 1.807) is 19.0 Å². The van der Waals surface area contributed by atoms with Crippen LogP contribution in [0.5, 0.6) is 0 Å². The van der Waals surface area contributed by atoms with E-state index in [4.69, 9.17) is 4.74 Å². The lowest BCUT2D eigenvalue weighted by Gasteiger charge is -2.24. The van der Waals surface area contributed by atoms with E-state index < -0.39 is 0 Å². The van der Waals surface area contributed by atoms with Crippen molar-refractivity contribution in [2.75, 3.05) is 61.2 Å². The molecular formula is C11H22N2O5. The molecule has 7 heteroatoms. The zero-order valence-corrected chi connectivity index (χ0v) is 11.5. The molecule has 1 saturated heterocycles. The zero-order valence-electron chi connectivity index (χ0n) is 11.5. The molecule has 0 saturated carbocycles. The molecule has 0 aromatic carbocycles. The molecule has 1 heterocycles. The van der Waals surface area contributed by atoms with Gasteiger partial charge in [0.25, 0.3) is 0 Å². The quantitative estimate of drug-likeness (QED) is 0.689. The van der Waals surface area contributed by atoms with Gasteiger partial charge in [-0.1, -0.05) is 0 Å². The molecule has 106 valence electrons. The first-order chi connectivity index (χ1) is 8.52. The molecule has 1 aliphatic rings. The number of rotatable bonds is 2. The third kappa shape index (κ3) is 7.08. The molecule has 0 aliphatic carbocycles. The molecule has 7 nitrogen and oxygen atoms in total. The van der Waals surface area contributed by atoms with Gasteiger partial charge in [-0.2, -0.15) is 0 Å². The lowest BCUT2D eigenvalue weighted by Crippen LogP contribution is -2.40. The number of likely N-dealkylation sites (N-methyl/N-ethyl adjacent to an activating group) is 1. The Bertz CT molecular complexity index is 252. The van der Waals surface area contributed by atoms with Crippen molar-refractivity contribution in [2.45, 2.75) is 0 Å². The van der Waals surface area contributed by atoms with Gasteiger partial charge in [-0.05, 0) is 0 Å². The fraction of sp³-hybridized carbons (Fsp3) is 0.818. The van der Waals surface area contributed by atoms with Crippen LogP contribution in [0.15, 0.2) is 0 Å². The summed E-state index contributed by atoms with van der Waals surface area (Å²) in [6.07, 6.45) is -0.261. The smallest absolute Gasteiger partial charge is 0.409 e. The number of ether oxygens (including phenoxy) is 3. The van der Waals surface area contributed by atoms with Crippen LogP contribution in [0.4, 0.5) is 4.79 Å². The Morgan fingerprint density at radius 2 is 1.78 bits per heavy atom. The van der Waals surface area contributed by atoms with Crippen molar-refractivity contribution in [3.8, 4) is 0 Å². The minimum atomic E-state index is -0.261. The highest BCUT2D eigenvalue weighted by atomic mass is 16.5. The van der Waals surface area contributed by atoms with Gasteiger partial charge in [0.2, 0.25) is 5.91 Å².